The Kier molecular flexibility index (Phi) is 6.82. The van der Waals surface area contributed by atoms with Crippen LogP contribution < -0.4 is 0 Å². The normalized spacial score (nSPS) is 11.6. The van der Waals surface area contributed by atoms with Crippen molar-refractivity contribution in [2.75, 3.05) is 0 Å². The van der Waals surface area contributed by atoms with E-state index in [9.17, 15) is 0 Å². The Morgan fingerprint density at radius 2 is 0.579 bits per heavy atom. The summed E-state index contributed by atoms with van der Waals surface area (Å²) in [5.41, 5.74) is 13.8. The lowest BCUT2D eigenvalue weighted by atomic mass is 9.97. The largest absolute Gasteiger partial charge is 0.265 e. The van der Waals surface area contributed by atoms with Crippen molar-refractivity contribution < 1.29 is 0 Å². The van der Waals surface area contributed by atoms with Crippen LogP contribution in [0.15, 0.2) is 36.4 Å². The molecule has 8 heteroatoms. The van der Waals surface area contributed by atoms with Gasteiger partial charge in [0.25, 0.3) is 0 Å². The van der Waals surface area contributed by atoms with E-state index in [1.807, 2.05) is 27.7 Å². The van der Waals surface area contributed by atoms with Gasteiger partial charge in [-0.3, -0.25) is 18.7 Å². The van der Waals surface area contributed by atoms with Crippen molar-refractivity contribution in [3.05, 3.63) is 104 Å². The standard InChI is InChI=1S/C30H38N8/c1-19-9-23(5)35(31-19)15-27-13-29(17-37-25(7)11-21(3)33-37)30(18-38-26(8)12-22(4)34-38)14-28(27)16-36-24(6)10-20(2)32-36/h9-14H,15-18H2,1-8H3. The van der Waals surface area contributed by atoms with Gasteiger partial charge in [0.2, 0.25) is 0 Å². The Bertz CT molecular complexity index is 1370. The van der Waals surface area contributed by atoms with Crippen LogP contribution in [0.3, 0.4) is 0 Å². The quantitative estimate of drug-likeness (QED) is 0.290. The van der Waals surface area contributed by atoms with Crippen molar-refractivity contribution in [3.63, 3.8) is 0 Å². The number of nitrogens with zero attached hydrogens (tertiary/aromatic N) is 8. The lowest BCUT2D eigenvalue weighted by molar-refractivity contribution is 0.609. The number of rotatable bonds is 8. The average Bonchev–Trinajstić information content (AvgIpc) is 3.52. The van der Waals surface area contributed by atoms with E-state index in [4.69, 9.17) is 20.4 Å². The smallest absolute Gasteiger partial charge is 0.0665 e. The minimum absolute atomic E-state index is 0.707. The van der Waals surface area contributed by atoms with E-state index >= 15 is 0 Å². The third-order valence-electron chi connectivity index (χ3n) is 7.22. The van der Waals surface area contributed by atoms with Gasteiger partial charge >= 0.3 is 0 Å². The highest BCUT2D eigenvalue weighted by molar-refractivity contribution is 5.40. The van der Waals surface area contributed by atoms with Gasteiger partial charge in [0.05, 0.1) is 49.0 Å². The fourth-order valence-corrected chi connectivity index (χ4v) is 5.37. The van der Waals surface area contributed by atoms with Crippen LogP contribution in [-0.4, -0.2) is 39.1 Å². The number of hydrogen-bond acceptors (Lipinski definition) is 4. The van der Waals surface area contributed by atoms with Gasteiger partial charge in [-0.15, -0.1) is 0 Å². The summed E-state index contributed by atoms with van der Waals surface area (Å²) in [6.45, 7) is 19.5. The molecular weight excluding hydrogens is 472 g/mol. The molecule has 4 heterocycles. The van der Waals surface area contributed by atoms with Gasteiger partial charge in [0, 0.05) is 22.8 Å². The zero-order valence-electron chi connectivity index (χ0n) is 23.9. The Morgan fingerprint density at radius 3 is 0.737 bits per heavy atom. The van der Waals surface area contributed by atoms with Crippen LogP contribution in [0.1, 0.15) is 67.8 Å². The maximum absolute atomic E-state index is 4.77. The summed E-state index contributed by atoms with van der Waals surface area (Å²) in [6, 6.07) is 13.2. The number of hydrogen-bond donors (Lipinski definition) is 0. The fourth-order valence-electron chi connectivity index (χ4n) is 5.37. The van der Waals surface area contributed by atoms with E-state index < -0.39 is 0 Å². The molecule has 0 aliphatic rings. The van der Waals surface area contributed by atoms with E-state index in [-0.39, 0.29) is 0 Å². The maximum atomic E-state index is 4.77. The minimum Gasteiger partial charge on any atom is -0.265 e. The molecule has 38 heavy (non-hydrogen) atoms. The molecule has 0 fully saturated rings. The molecule has 198 valence electrons. The van der Waals surface area contributed by atoms with Crippen molar-refractivity contribution in [1.29, 1.82) is 0 Å². The zero-order chi connectivity index (χ0) is 27.1. The highest BCUT2D eigenvalue weighted by atomic mass is 15.3. The molecule has 8 nitrogen and oxygen atoms in total. The van der Waals surface area contributed by atoms with Gasteiger partial charge in [-0.25, -0.2) is 0 Å². The first kappa shape index (κ1) is 25.7. The van der Waals surface area contributed by atoms with Crippen LogP contribution in [0.4, 0.5) is 0 Å². The van der Waals surface area contributed by atoms with E-state index in [0.29, 0.717) is 26.2 Å². The molecular formula is C30H38N8. The summed E-state index contributed by atoms with van der Waals surface area (Å²) in [5.74, 6) is 0. The molecule has 1 aromatic carbocycles. The lowest BCUT2D eigenvalue weighted by Gasteiger charge is -2.19. The minimum atomic E-state index is 0.707. The molecule has 0 saturated carbocycles. The molecule has 0 saturated heterocycles. The summed E-state index contributed by atoms with van der Waals surface area (Å²) in [6.07, 6.45) is 0. The first-order chi connectivity index (χ1) is 18.0. The fraction of sp³-hybridized carbons (Fsp3) is 0.400. The molecule has 0 atom stereocenters. The summed E-state index contributed by atoms with van der Waals surface area (Å²) < 4.78 is 8.40. The van der Waals surface area contributed by atoms with E-state index in [1.54, 1.807) is 0 Å². The molecule has 0 bridgehead atoms. The second-order valence-electron chi connectivity index (χ2n) is 10.7. The Balaban J connectivity index is 1.65. The molecule has 5 aromatic rings. The van der Waals surface area contributed by atoms with Gasteiger partial charge in [0.1, 0.15) is 0 Å². The van der Waals surface area contributed by atoms with Crippen LogP contribution >= 0.6 is 0 Å². The molecule has 0 aliphatic heterocycles. The zero-order valence-corrected chi connectivity index (χ0v) is 23.9. The molecule has 0 unspecified atom stereocenters. The molecule has 5 rings (SSSR count). The summed E-state index contributed by atoms with van der Waals surface area (Å²) in [4.78, 5) is 0. The first-order valence-corrected chi connectivity index (χ1v) is 13.2. The SMILES string of the molecule is Cc1cc(C)n(Cc2cc(Cn3nc(C)cc3C)c(Cn3nc(C)cc3C)cc2Cn2nc(C)cc2C)n1. The second kappa shape index (κ2) is 10.1. The van der Waals surface area contributed by atoms with Crippen molar-refractivity contribution >= 4 is 0 Å². The predicted octanol–water partition coefficient (Wildman–Crippen LogP) is 5.13. The van der Waals surface area contributed by atoms with Crippen molar-refractivity contribution in [3.8, 4) is 0 Å². The summed E-state index contributed by atoms with van der Waals surface area (Å²) >= 11 is 0. The van der Waals surface area contributed by atoms with Crippen molar-refractivity contribution in [2.24, 2.45) is 0 Å². The Labute approximate surface area is 224 Å². The Hall–Kier alpha value is -3.94. The first-order valence-electron chi connectivity index (χ1n) is 13.2. The average molecular weight is 511 g/mol. The van der Waals surface area contributed by atoms with Crippen molar-refractivity contribution in [2.45, 2.75) is 81.6 Å². The highest BCUT2D eigenvalue weighted by Gasteiger charge is 2.17. The predicted molar refractivity (Wildman–Crippen MR) is 150 cm³/mol. The van der Waals surface area contributed by atoms with Gasteiger partial charge in [-0.2, -0.15) is 20.4 Å². The monoisotopic (exact) mass is 510 g/mol. The highest BCUT2D eigenvalue weighted by Crippen LogP contribution is 2.24. The molecule has 0 aliphatic carbocycles. The van der Waals surface area contributed by atoms with Gasteiger partial charge in [0.15, 0.2) is 0 Å². The topological polar surface area (TPSA) is 71.3 Å². The van der Waals surface area contributed by atoms with E-state index in [0.717, 1.165) is 45.6 Å². The van der Waals surface area contributed by atoms with Gasteiger partial charge in [-0.05, 0) is 102 Å². The molecule has 4 aromatic heterocycles. The molecule has 0 N–H and O–H groups in total. The van der Waals surface area contributed by atoms with Crippen LogP contribution in [0.5, 0.6) is 0 Å². The van der Waals surface area contributed by atoms with Gasteiger partial charge in [-0.1, -0.05) is 12.1 Å². The van der Waals surface area contributed by atoms with Crippen LogP contribution in [0.2, 0.25) is 0 Å². The van der Waals surface area contributed by atoms with Crippen LogP contribution in [-0.2, 0) is 26.2 Å². The summed E-state index contributed by atoms with van der Waals surface area (Å²) in [5, 5.41) is 19.1. The third-order valence-corrected chi connectivity index (χ3v) is 7.22. The number of aryl methyl sites for hydroxylation is 8. The maximum Gasteiger partial charge on any atom is 0.0665 e. The summed E-state index contributed by atoms with van der Waals surface area (Å²) in [7, 11) is 0. The number of benzene rings is 1. The van der Waals surface area contributed by atoms with Crippen LogP contribution in [0.25, 0.3) is 0 Å². The Morgan fingerprint density at radius 1 is 0.368 bits per heavy atom. The van der Waals surface area contributed by atoms with E-state index in [1.165, 1.54) is 22.3 Å². The number of aromatic nitrogens is 8. The molecule has 0 amide bonds. The van der Waals surface area contributed by atoms with E-state index in [2.05, 4.69) is 82.8 Å². The lowest BCUT2D eigenvalue weighted by Crippen LogP contribution is -2.16. The third kappa shape index (κ3) is 5.35. The second-order valence-corrected chi connectivity index (χ2v) is 10.7. The van der Waals surface area contributed by atoms with Crippen LogP contribution in [0, 0.1) is 55.4 Å². The van der Waals surface area contributed by atoms with Gasteiger partial charge < -0.3 is 0 Å². The van der Waals surface area contributed by atoms with Crippen molar-refractivity contribution in [1.82, 2.24) is 39.1 Å². The molecule has 0 spiro atoms. The molecule has 0 radical (unpaired) electrons.